The fraction of sp³-hybridized carbons (Fsp3) is 0.333. The SMILES string of the molecule is CCCc1nc2ccccc2c(Cl)c1C(=O)OCC. The monoisotopic (exact) mass is 277 g/mol. The van der Waals surface area contributed by atoms with Crippen molar-refractivity contribution in [1.82, 2.24) is 4.98 Å². The lowest BCUT2D eigenvalue weighted by Gasteiger charge is -2.12. The summed E-state index contributed by atoms with van der Waals surface area (Å²) in [5.74, 6) is -0.394. The smallest absolute Gasteiger partial charge is 0.341 e. The molecule has 2 rings (SSSR count). The molecule has 0 aliphatic rings. The Labute approximate surface area is 117 Å². The highest BCUT2D eigenvalue weighted by atomic mass is 35.5. The Morgan fingerprint density at radius 2 is 2.05 bits per heavy atom. The number of aryl methyl sites for hydroxylation is 1. The topological polar surface area (TPSA) is 39.2 Å². The largest absolute Gasteiger partial charge is 0.462 e. The van der Waals surface area contributed by atoms with E-state index >= 15 is 0 Å². The lowest BCUT2D eigenvalue weighted by atomic mass is 10.1. The number of hydrogen-bond acceptors (Lipinski definition) is 3. The Morgan fingerprint density at radius 3 is 2.74 bits per heavy atom. The molecular formula is C15H16ClNO2. The van der Waals surface area contributed by atoms with Crippen molar-refractivity contribution in [3.8, 4) is 0 Å². The van der Waals surface area contributed by atoms with Gasteiger partial charge in [0, 0.05) is 5.39 Å². The second-order valence-electron chi connectivity index (χ2n) is 4.24. The van der Waals surface area contributed by atoms with Crippen LogP contribution in [0.3, 0.4) is 0 Å². The Kier molecular flexibility index (Phi) is 4.38. The predicted octanol–water partition coefficient (Wildman–Crippen LogP) is 4.02. The number of esters is 1. The quantitative estimate of drug-likeness (QED) is 0.793. The molecule has 0 aliphatic carbocycles. The summed E-state index contributed by atoms with van der Waals surface area (Å²) in [6, 6.07) is 7.55. The number of rotatable bonds is 4. The van der Waals surface area contributed by atoms with Gasteiger partial charge in [0.15, 0.2) is 0 Å². The van der Waals surface area contributed by atoms with Crippen LogP contribution >= 0.6 is 11.6 Å². The fourth-order valence-corrected chi connectivity index (χ4v) is 2.39. The number of para-hydroxylation sites is 1. The van der Waals surface area contributed by atoms with Crippen molar-refractivity contribution >= 4 is 28.5 Å². The Bertz CT molecular complexity index is 610. The van der Waals surface area contributed by atoms with Gasteiger partial charge in [-0.3, -0.25) is 4.98 Å². The van der Waals surface area contributed by atoms with Gasteiger partial charge < -0.3 is 4.74 Å². The maximum absolute atomic E-state index is 12.1. The van der Waals surface area contributed by atoms with Crippen LogP contribution in [0.4, 0.5) is 0 Å². The van der Waals surface area contributed by atoms with Gasteiger partial charge in [-0.05, 0) is 19.4 Å². The molecule has 0 unspecified atom stereocenters. The van der Waals surface area contributed by atoms with Crippen molar-refractivity contribution in [1.29, 1.82) is 0 Å². The van der Waals surface area contributed by atoms with Crippen LogP contribution in [0, 0.1) is 0 Å². The van der Waals surface area contributed by atoms with E-state index in [1.165, 1.54) is 0 Å². The van der Waals surface area contributed by atoms with Crippen LogP contribution in [0.25, 0.3) is 10.9 Å². The first-order valence-electron chi connectivity index (χ1n) is 6.43. The van der Waals surface area contributed by atoms with Gasteiger partial charge in [0.25, 0.3) is 0 Å². The van der Waals surface area contributed by atoms with E-state index in [9.17, 15) is 4.79 Å². The van der Waals surface area contributed by atoms with Gasteiger partial charge in [-0.15, -0.1) is 0 Å². The Hall–Kier alpha value is -1.61. The number of carbonyl (C=O) groups is 1. The van der Waals surface area contributed by atoms with Gasteiger partial charge in [-0.2, -0.15) is 0 Å². The number of nitrogens with zero attached hydrogens (tertiary/aromatic N) is 1. The molecule has 0 saturated carbocycles. The van der Waals surface area contributed by atoms with Crippen LogP contribution in [0.5, 0.6) is 0 Å². The standard InChI is InChI=1S/C15H16ClNO2/c1-3-7-12-13(15(18)19-4-2)14(16)10-8-5-6-9-11(10)17-12/h5-6,8-9H,3-4,7H2,1-2H3. The van der Waals surface area contributed by atoms with E-state index in [0.29, 0.717) is 29.3 Å². The summed E-state index contributed by atoms with van der Waals surface area (Å²) in [6.07, 6.45) is 1.60. The number of ether oxygens (including phenoxy) is 1. The Balaban J connectivity index is 2.67. The number of pyridine rings is 1. The molecule has 0 spiro atoms. The van der Waals surface area contributed by atoms with Gasteiger partial charge in [-0.1, -0.05) is 43.1 Å². The fourth-order valence-electron chi connectivity index (χ4n) is 2.05. The van der Waals surface area contributed by atoms with Crippen molar-refractivity contribution in [2.24, 2.45) is 0 Å². The summed E-state index contributed by atoms with van der Waals surface area (Å²) in [7, 11) is 0. The molecule has 19 heavy (non-hydrogen) atoms. The van der Waals surface area contributed by atoms with Crippen molar-refractivity contribution in [2.45, 2.75) is 26.7 Å². The van der Waals surface area contributed by atoms with E-state index in [4.69, 9.17) is 16.3 Å². The van der Waals surface area contributed by atoms with E-state index in [1.54, 1.807) is 6.92 Å². The first-order valence-corrected chi connectivity index (χ1v) is 6.81. The van der Waals surface area contributed by atoms with Crippen molar-refractivity contribution in [3.63, 3.8) is 0 Å². The minimum Gasteiger partial charge on any atom is -0.462 e. The van der Waals surface area contributed by atoms with Gasteiger partial charge >= 0.3 is 5.97 Å². The van der Waals surface area contributed by atoms with Crippen LogP contribution in [-0.4, -0.2) is 17.6 Å². The zero-order valence-electron chi connectivity index (χ0n) is 11.1. The first kappa shape index (κ1) is 13.8. The third-order valence-corrected chi connectivity index (χ3v) is 3.26. The molecule has 0 atom stereocenters. The van der Waals surface area contributed by atoms with Crippen molar-refractivity contribution in [3.05, 3.63) is 40.5 Å². The molecular weight excluding hydrogens is 262 g/mol. The van der Waals surface area contributed by atoms with Crippen molar-refractivity contribution < 1.29 is 9.53 Å². The number of halogens is 1. The minimum atomic E-state index is -0.394. The zero-order chi connectivity index (χ0) is 13.8. The first-order chi connectivity index (χ1) is 9.19. The van der Waals surface area contributed by atoms with Gasteiger partial charge in [0.2, 0.25) is 0 Å². The molecule has 0 N–H and O–H groups in total. The lowest BCUT2D eigenvalue weighted by Crippen LogP contribution is -2.11. The summed E-state index contributed by atoms with van der Waals surface area (Å²) < 4.78 is 5.08. The van der Waals surface area contributed by atoms with Crippen molar-refractivity contribution in [2.75, 3.05) is 6.61 Å². The number of benzene rings is 1. The molecule has 0 saturated heterocycles. The highest BCUT2D eigenvalue weighted by molar-refractivity contribution is 6.38. The van der Waals surface area contributed by atoms with Crippen LogP contribution < -0.4 is 0 Å². The number of hydrogen-bond donors (Lipinski definition) is 0. The van der Waals surface area contributed by atoms with Crippen LogP contribution in [-0.2, 0) is 11.2 Å². The second-order valence-corrected chi connectivity index (χ2v) is 4.61. The molecule has 1 aromatic carbocycles. The van der Waals surface area contributed by atoms with Crippen LogP contribution in [0.15, 0.2) is 24.3 Å². The van der Waals surface area contributed by atoms with E-state index in [-0.39, 0.29) is 0 Å². The molecule has 0 amide bonds. The zero-order valence-corrected chi connectivity index (χ0v) is 11.8. The molecule has 0 aliphatic heterocycles. The Morgan fingerprint density at radius 1 is 1.32 bits per heavy atom. The van der Waals surface area contributed by atoms with E-state index in [1.807, 2.05) is 31.2 Å². The third-order valence-electron chi connectivity index (χ3n) is 2.87. The maximum Gasteiger partial charge on any atom is 0.341 e. The number of carbonyl (C=O) groups excluding carboxylic acids is 1. The molecule has 0 bridgehead atoms. The van der Waals surface area contributed by atoms with Gasteiger partial charge in [0.1, 0.15) is 5.56 Å². The normalized spacial score (nSPS) is 10.7. The molecule has 2 aromatic rings. The summed E-state index contributed by atoms with van der Waals surface area (Å²) in [5, 5.41) is 1.22. The number of fused-ring (bicyclic) bond motifs is 1. The van der Waals surface area contributed by atoms with E-state index < -0.39 is 5.97 Å². The highest BCUT2D eigenvalue weighted by Gasteiger charge is 2.20. The third kappa shape index (κ3) is 2.71. The molecule has 3 nitrogen and oxygen atoms in total. The molecule has 1 aromatic heterocycles. The highest BCUT2D eigenvalue weighted by Crippen LogP contribution is 2.29. The average Bonchev–Trinajstić information content (AvgIpc) is 2.39. The lowest BCUT2D eigenvalue weighted by molar-refractivity contribution is 0.0525. The summed E-state index contributed by atoms with van der Waals surface area (Å²) in [4.78, 5) is 16.6. The van der Waals surface area contributed by atoms with Crippen LogP contribution in [0.2, 0.25) is 5.02 Å². The maximum atomic E-state index is 12.1. The van der Waals surface area contributed by atoms with Crippen LogP contribution in [0.1, 0.15) is 36.3 Å². The summed E-state index contributed by atoms with van der Waals surface area (Å²) in [5.41, 5.74) is 1.93. The molecule has 1 heterocycles. The average molecular weight is 278 g/mol. The predicted molar refractivity (Wildman–Crippen MR) is 76.7 cm³/mol. The summed E-state index contributed by atoms with van der Waals surface area (Å²) >= 11 is 6.37. The summed E-state index contributed by atoms with van der Waals surface area (Å²) in [6.45, 7) is 4.15. The molecule has 0 fully saturated rings. The van der Waals surface area contributed by atoms with Gasteiger partial charge in [-0.25, -0.2) is 4.79 Å². The minimum absolute atomic E-state index is 0.327. The molecule has 4 heteroatoms. The van der Waals surface area contributed by atoms with E-state index in [2.05, 4.69) is 4.98 Å². The number of aromatic nitrogens is 1. The molecule has 100 valence electrons. The molecule has 0 radical (unpaired) electrons. The van der Waals surface area contributed by atoms with E-state index in [0.717, 1.165) is 17.3 Å². The second kappa shape index (κ2) is 6.02. The van der Waals surface area contributed by atoms with Gasteiger partial charge in [0.05, 0.1) is 22.8 Å².